The van der Waals surface area contributed by atoms with Gasteiger partial charge in [-0.15, -0.1) is 0 Å². The second kappa shape index (κ2) is 2.30. The van der Waals surface area contributed by atoms with Gasteiger partial charge in [-0.05, 0) is 30.7 Å². The zero-order valence-electron chi connectivity index (χ0n) is 10.2. The molecule has 1 unspecified atom stereocenters. The Morgan fingerprint density at radius 2 is 2.25 bits per heavy atom. The first-order valence-corrected chi connectivity index (χ1v) is 6.12. The van der Waals surface area contributed by atoms with Crippen molar-refractivity contribution in [2.24, 2.45) is 0 Å². The Balaban J connectivity index is 1.95. The molecule has 1 aromatic rings. The Kier molecular flexibility index (Phi) is 1.30. The molecule has 0 aromatic heterocycles. The molecule has 0 N–H and O–H groups in total. The number of ether oxygens (including phenoxy) is 1. The number of likely N-dealkylation sites (N-methyl/N-ethyl adjacent to an activating group) is 1. The largest absolute Gasteiger partial charge is 0.497 e. The highest BCUT2D eigenvalue weighted by Crippen LogP contribution is 2.68. The van der Waals surface area contributed by atoms with Crippen LogP contribution >= 0.6 is 0 Å². The monoisotopic (exact) mass is 216 g/mol. The summed E-state index contributed by atoms with van der Waals surface area (Å²) in [6.07, 6.45) is 1.37. The van der Waals surface area contributed by atoms with Gasteiger partial charge in [0.05, 0.1) is 20.7 Å². The topological polar surface area (TPSA) is 9.23 Å². The van der Waals surface area contributed by atoms with Gasteiger partial charge >= 0.3 is 0 Å². The SMILES string of the molecule is COc1ccc2c(c1)[C@@]1(C)C[C@@H]3[C@@H]2[N+]3(C)C1. The molecule has 16 heavy (non-hydrogen) atoms. The van der Waals surface area contributed by atoms with Gasteiger partial charge in [0.15, 0.2) is 6.04 Å². The maximum Gasteiger partial charge on any atom is 0.168 e. The first-order chi connectivity index (χ1) is 7.58. The van der Waals surface area contributed by atoms with Crippen LogP contribution in [0.4, 0.5) is 0 Å². The molecule has 4 atom stereocenters. The van der Waals surface area contributed by atoms with Crippen LogP contribution < -0.4 is 4.74 Å². The highest BCUT2D eigenvalue weighted by atomic mass is 16.5. The molecule has 4 aliphatic rings. The summed E-state index contributed by atoms with van der Waals surface area (Å²) in [6.45, 7) is 3.75. The molecule has 1 aromatic carbocycles. The van der Waals surface area contributed by atoms with Gasteiger partial charge in [-0.25, -0.2) is 0 Å². The fraction of sp³-hybridized carbons (Fsp3) is 0.571. The summed E-state index contributed by atoms with van der Waals surface area (Å²) in [5.74, 6) is 1.01. The molecule has 3 aliphatic heterocycles. The van der Waals surface area contributed by atoms with Crippen LogP contribution in [0.25, 0.3) is 0 Å². The molecule has 0 radical (unpaired) electrons. The van der Waals surface area contributed by atoms with Gasteiger partial charge < -0.3 is 9.22 Å². The van der Waals surface area contributed by atoms with Crippen LogP contribution in [-0.2, 0) is 5.41 Å². The summed E-state index contributed by atoms with van der Waals surface area (Å²) >= 11 is 0. The van der Waals surface area contributed by atoms with E-state index in [1.165, 1.54) is 17.4 Å². The number of hydrogen-bond donors (Lipinski definition) is 0. The number of nitrogens with zero attached hydrogens (tertiary/aromatic N) is 1. The fourth-order valence-electron chi connectivity index (χ4n) is 4.55. The second-order valence-corrected chi connectivity index (χ2v) is 6.24. The lowest BCUT2D eigenvalue weighted by atomic mass is 9.71. The average molecular weight is 216 g/mol. The molecule has 2 heteroatoms. The summed E-state index contributed by atoms with van der Waals surface area (Å²) in [6, 6.07) is 8.39. The van der Waals surface area contributed by atoms with Crippen molar-refractivity contribution in [3.8, 4) is 5.75 Å². The van der Waals surface area contributed by atoms with E-state index in [-0.39, 0.29) is 0 Å². The van der Waals surface area contributed by atoms with E-state index in [2.05, 4.69) is 32.2 Å². The number of rotatable bonds is 1. The van der Waals surface area contributed by atoms with E-state index in [1.54, 1.807) is 18.2 Å². The molecular formula is C14H18NO+. The highest BCUT2D eigenvalue weighted by Gasteiger charge is 2.76. The van der Waals surface area contributed by atoms with E-state index in [1.807, 2.05) is 0 Å². The Bertz CT molecular complexity index is 498. The molecule has 2 saturated heterocycles. The van der Waals surface area contributed by atoms with Crippen molar-refractivity contribution < 1.29 is 9.22 Å². The molecule has 84 valence electrons. The van der Waals surface area contributed by atoms with Crippen molar-refractivity contribution in [1.82, 2.24) is 0 Å². The van der Waals surface area contributed by atoms with Gasteiger partial charge in [0.1, 0.15) is 11.8 Å². The van der Waals surface area contributed by atoms with Crippen molar-refractivity contribution in [2.75, 3.05) is 20.7 Å². The van der Waals surface area contributed by atoms with Crippen molar-refractivity contribution in [1.29, 1.82) is 0 Å². The van der Waals surface area contributed by atoms with Crippen molar-refractivity contribution in [3.05, 3.63) is 29.3 Å². The van der Waals surface area contributed by atoms with E-state index in [9.17, 15) is 0 Å². The van der Waals surface area contributed by atoms with E-state index in [4.69, 9.17) is 4.74 Å². The predicted molar refractivity (Wildman–Crippen MR) is 62.5 cm³/mol. The molecule has 0 amide bonds. The lowest BCUT2D eigenvalue weighted by molar-refractivity contribution is -0.802. The summed E-state index contributed by atoms with van der Waals surface area (Å²) in [5, 5.41) is 0. The highest BCUT2D eigenvalue weighted by molar-refractivity contribution is 5.48. The summed E-state index contributed by atoms with van der Waals surface area (Å²) in [7, 11) is 4.18. The lowest BCUT2D eigenvalue weighted by Crippen LogP contribution is -2.38. The summed E-state index contributed by atoms with van der Waals surface area (Å²) in [4.78, 5) is 0. The van der Waals surface area contributed by atoms with Crippen molar-refractivity contribution >= 4 is 0 Å². The minimum absolute atomic E-state index is 0.401. The third kappa shape index (κ3) is 0.777. The Hall–Kier alpha value is -1.02. The van der Waals surface area contributed by atoms with Crippen LogP contribution in [0.1, 0.15) is 30.5 Å². The second-order valence-electron chi connectivity index (χ2n) is 6.24. The number of quaternary nitrogens is 1. The van der Waals surface area contributed by atoms with Crippen LogP contribution in [0.15, 0.2) is 18.2 Å². The van der Waals surface area contributed by atoms with Crippen LogP contribution in [-0.4, -0.2) is 31.2 Å². The Morgan fingerprint density at radius 3 is 2.88 bits per heavy atom. The zero-order valence-corrected chi connectivity index (χ0v) is 10.2. The van der Waals surface area contributed by atoms with Crippen LogP contribution in [0, 0.1) is 0 Å². The summed E-state index contributed by atoms with van der Waals surface area (Å²) < 4.78 is 6.66. The molecule has 5 rings (SSSR count). The molecule has 4 bridgehead atoms. The van der Waals surface area contributed by atoms with Crippen LogP contribution in [0.2, 0.25) is 0 Å². The van der Waals surface area contributed by atoms with Gasteiger partial charge in [-0.1, -0.05) is 0 Å². The normalized spacial score (nSPS) is 46.4. The quantitative estimate of drug-likeness (QED) is 0.517. The van der Waals surface area contributed by atoms with Crippen LogP contribution in [0.3, 0.4) is 0 Å². The third-order valence-corrected chi connectivity index (χ3v) is 5.25. The van der Waals surface area contributed by atoms with E-state index < -0.39 is 0 Å². The molecule has 3 heterocycles. The average Bonchev–Trinajstić information content (AvgIpc) is 2.72. The summed E-state index contributed by atoms with van der Waals surface area (Å²) in [5.41, 5.74) is 3.55. The molecule has 0 saturated carbocycles. The Morgan fingerprint density at radius 1 is 1.44 bits per heavy atom. The first kappa shape index (κ1) is 9.06. The fourth-order valence-corrected chi connectivity index (χ4v) is 4.55. The molecular weight excluding hydrogens is 198 g/mol. The molecule has 1 aliphatic carbocycles. The number of methoxy groups -OCH3 is 1. The Labute approximate surface area is 96.4 Å². The van der Waals surface area contributed by atoms with Gasteiger partial charge in [0, 0.05) is 17.4 Å². The van der Waals surface area contributed by atoms with E-state index in [0.717, 1.165) is 17.8 Å². The third-order valence-electron chi connectivity index (χ3n) is 5.25. The van der Waals surface area contributed by atoms with E-state index >= 15 is 0 Å². The van der Waals surface area contributed by atoms with Crippen molar-refractivity contribution in [3.63, 3.8) is 0 Å². The molecule has 2 fully saturated rings. The molecule has 2 nitrogen and oxygen atoms in total. The maximum absolute atomic E-state index is 5.36. The van der Waals surface area contributed by atoms with Gasteiger partial charge in [0.2, 0.25) is 0 Å². The van der Waals surface area contributed by atoms with E-state index in [0.29, 0.717) is 5.41 Å². The van der Waals surface area contributed by atoms with Crippen LogP contribution in [0.5, 0.6) is 5.75 Å². The van der Waals surface area contributed by atoms with Gasteiger partial charge in [0.25, 0.3) is 0 Å². The van der Waals surface area contributed by atoms with Gasteiger partial charge in [-0.2, -0.15) is 0 Å². The zero-order chi connectivity index (χ0) is 11.1. The standard InChI is InChI=1S/C14H18NO/c1-14-7-12-13(15(12,2)8-14)10-5-4-9(16-3)6-11(10)14/h4-6,12-13H,7-8H2,1-3H3/q+1/t12-,13-,14+,15?/m1/s1. The number of hydrogen-bond acceptors (Lipinski definition) is 1. The first-order valence-electron chi connectivity index (χ1n) is 6.12. The minimum Gasteiger partial charge on any atom is -0.497 e. The van der Waals surface area contributed by atoms with Gasteiger partial charge in [-0.3, -0.25) is 0 Å². The number of benzene rings is 1. The maximum atomic E-state index is 5.36. The smallest absolute Gasteiger partial charge is 0.168 e. The minimum atomic E-state index is 0.401. The molecule has 0 spiro atoms. The predicted octanol–water partition coefficient (Wildman–Crippen LogP) is 2.24. The lowest BCUT2D eigenvalue weighted by Gasteiger charge is -2.34. The number of piperidine rings is 1. The van der Waals surface area contributed by atoms with Crippen molar-refractivity contribution in [2.45, 2.75) is 30.8 Å².